The Morgan fingerprint density at radius 1 is 1.35 bits per heavy atom. The maximum Gasteiger partial charge on any atom is 0.306 e. The fourth-order valence-corrected chi connectivity index (χ4v) is 2.74. The Kier molecular flexibility index (Phi) is 5.08. The van der Waals surface area contributed by atoms with E-state index in [1.54, 1.807) is 5.38 Å². The van der Waals surface area contributed by atoms with Crippen LogP contribution in [0.25, 0.3) is 0 Å². The molecule has 1 aliphatic rings. The van der Waals surface area contributed by atoms with Gasteiger partial charge in [0.1, 0.15) is 5.69 Å². The summed E-state index contributed by atoms with van der Waals surface area (Å²) in [6.45, 7) is 5.50. The molecule has 0 unspecified atom stereocenters. The molecule has 1 aromatic heterocycles. The lowest BCUT2D eigenvalue weighted by atomic mass is 10.2. The van der Waals surface area contributed by atoms with Crippen molar-refractivity contribution in [2.75, 3.05) is 39.8 Å². The van der Waals surface area contributed by atoms with Gasteiger partial charge in [0.15, 0.2) is 0 Å². The number of aromatic nitrogens is 1. The van der Waals surface area contributed by atoms with Crippen molar-refractivity contribution in [3.05, 3.63) is 16.1 Å². The quantitative estimate of drug-likeness (QED) is 0.768. The van der Waals surface area contributed by atoms with E-state index >= 15 is 0 Å². The predicted octanol–water partition coefficient (Wildman–Crippen LogP) is 0.772. The van der Waals surface area contributed by atoms with Crippen LogP contribution in [0.3, 0.4) is 0 Å². The molecule has 0 aromatic carbocycles. The summed E-state index contributed by atoms with van der Waals surface area (Å²) in [7, 11) is 1.40. The third-order valence-electron chi connectivity index (χ3n) is 3.36. The number of aryl methyl sites for hydroxylation is 1. The van der Waals surface area contributed by atoms with Gasteiger partial charge in [-0.15, -0.1) is 11.3 Å². The molecule has 0 radical (unpaired) electrons. The number of nitrogens with zero attached hydrogens (tertiary/aromatic N) is 3. The molecule has 2 rings (SSSR count). The smallest absolute Gasteiger partial charge is 0.306 e. The molecule has 0 spiro atoms. The zero-order valence-electron chi connectivity index (χ0n) is 11.8. The molecule has 0 N–H and O–H groups in total. The molecule has 1 saturated heterocycles. The van der Waals surface area contributed by atoms with Crippen molar-refractivity contribution in [1.29, 1.82) is 0 Å². The summed E-state index contributed by atoms with van der Waals surface area (Å²) in [6.07, 6.45) is 0.399. The topological polar surface area (TPSA) is 62.7 Å². The third-order valence-corrected chi connectivity index (χ3v) is 4.13. The predicted molar refractivity (Wildman–Crippen MR) is 75.8 cm³/mol. The van der Waals surface area contributed by atoms with E-state index in [1.807, 2.05) is 11.8 Å². The fraction of sp³-hybridized carbons (Fsp3) is 0.615. The van der Waals surface area contributed by atoms with Crippen LogP contribution in [0.2, 0.25) is 0 Å². The van der Waals surface area contributed by atoms with E-state index in [1.165, 1.54) is 18.4 Å². The van der Waals surface area contributed by atoms with Crippen LogP contribution in [0.4, 0.5) is 0 Å². The number of piperazine rings is 1. The molecule has 6 nitrogen and oxygen atoms in total. The summed E-state index contributed by atoms with van der Waals surface area (Å²) in [5.74, 6) is -0.191. The number of carbonyl (C=O) groups is 2. The molecule has 110 valence electrons. The Labute approximate surface area is 122 Å². The van der Waals surface area contributed by atoms with Gasteiger partial charge < -0.3 is 9.64 Å². The van der Waals surface area contributed by atoms with E-state index in [0.717, 1.165) is 18.1 Å². The number of hydrogen-bond acceptors (Lipinski definition) is 6. The second kappa shape index (κ2) is 6.81. The van der Waals surface area contributed by atoms with Gasteiger partial charge in [-0.1, -0.05) is 0 Å². The molecular weight excluding hydrogens is 278 g/mol. The molecule has 7 heteroatoms. The summed E-state index contributed by atoms with van der Waals surface area (Å²) in [6, 6.07) is 0. The van der Waals surface area contributed by atoms with Crippen LogP contribution in [-0.4, -0.2) is 66.5 Å². The van der Waals surface area contributed by atoms with Crippen LogP contribution in [0.5, 0.6) is 0 Å². The standard InChI is InChI=1S/C13H19N3O3S/c1-10-14-11(9-20-10)13(18)16-7-5-15(6-8-16)4-3-12(17)19-2/h9H,3-8H2,1-2H3. The Balaban J connectivity index is 1.79. The van der Waals surface area contributed by atoms with Crippen molar-refractivity contribution in [3.63, 3.8) is 0 Å². The first kappa shape index (κ1) is 14.9. The highest BCUT2D eigenvalue weighted by Crippen LogP contribution is 2.12. The average molecular weight is 297 g/mol. The van der Waals surface area contributed by atoms with Gasteiger partial charge in [0, 0.05) is 38.1 Å². The van der Waals surface area contributed by atoms with E-state index in [-0.39, 0.29) is 11.9 Å². The summed E-state index contributed by atoms with van der Waals surface area (Å²) >= 11 is 1.49. The molecule has 0 bridgehead atoms. The highest BCUT2D eigenvalue weighted by atomic mass is 32.1. The zero-order valence-corrected chi connectivity index (χ0v) is 12.6. The molecular formula is C13H19N3O3S. The van der Waals surface area contributed by atoms with Crippen LogP contribution in [-0.2, 0) is 9.53 Å². The highest BCUT2D eigenvalue weighted by Gasteiger charge is 2.23. The molecule has 0 aliphatic carbocycles. The Hall–Kier alpha value is -1.47. The second-order valence-electron chi connectivity index (χ2n) is 4.71. The van der Waals surface area contributed by atoms with Crippen molar-refractivity contribution in [2.45, 2.75) is 13.3 Å². The fourth-order valence-electron chi connectivity index (χ4n) is 2.15. The highest BCUT2D eigenvalue weighted by molar-refractivity contribution is 7.09. The van der Waals surface area contributed by atoms with Gasteiger partial charge >= 0.3 is 5.97 Å². The van der Waals surface area contributed by atoms with E-state index in [2.05, 4.69) is 14.6 Å². The van der Waals surface area contributed by atoms with Crippen molar-refractivity contribution in [2.24, 2.45) is 0 Å². The van der Waals surface area contributed by atoms with Gasteiger partial charge in [-0.2, -0.15) is 0 Å². The maximum absolute atomic E-state index is 12.2. The van der Waals surface area contributed by atoms with Crippen molar-refractivity contribution in [3.8, 4) is 0 Å². The Morgan fingerprint density at radius 2 is 2.05 bits per heavy atom. The minimum atomic E-state index is -0.193. The first-order valence-corrected chi connectivity index (χ1v) is 7.48. The number of rotatable bonds is 4. The van der Waals surface area contributed by atoms with Gasteiger partial charge in [-0.3, -0.25) is 14.5 Å². The summed E-state index contributed by atoms with van der Waals surface area (Å²) in [5.41, 5.74) is 0.538. The number of ether oxygens (including phenoxy) is 1. The molecule has 20 heavy (non-hydrogen) atoms. The number of carbonyl (C=O) groups excluding carboxylic acids is 2. The molecule has 1 aliphatic heterocycles. The summed E-state index contributed by atoms with van der Waals surface area (Å²) in [5, 5.41) is 2.71. The number of hydrogen-bond donors (Lipinski definition) is 0. The van der Waals surface area contributed by atoms with Gasteiger partial charge in [-0.25, -0.2) is 4.98 Å². The van der Waals surface area contributed by atoms with Crippen LogP contribution in [0.1, 0.15) is 21.9 Å². The molecule has 1 aromatic rings. The SMILES string of the molecule is COC(=O)CCN1CCN(C(=O)c2csc(C)n2)CC1. The largest absolute Gasteiger partial charge is 0.469 e. The lowest BCUT2D eigenvalue weighted by Crippen LogP contribution is -2.49. The monoisotopic (exact) mass is 297 g/mol. The van der Waals surface area contributed by atoms with Gasteiger partial charge in [0.05, 0.1) is 18.5 Å². The van der Waals surface area contributed by atoms with Crippen molar-refractivity contribution in [1.82, 2.24) is 14.8 Å². The van der Waals surface area contributed by atoms with Crippen LogP contribution in [0.15, 0.2) is 5.38 Å². The Bertz CT molecular complexity index is 481. The van der Waals surface area contributed by atoms with Gasteiger partial charge in [0.2, 0.25) is 0 Å². The number of amides is 1. The first-order chi connectivity index (χ1) is 9.60. The van der Waals surface area contributed by atoms with Crippen LogP contribution >= 0.6 is 11.3 Å². The van der Waals surface area contributed by atoms with Crippen molar-refractivity contribution >= 4 is 23.2 Å². The van der Waals surface area contributed by atoms with Crippen molar-refractivity contribution < 1.29 is 14.3 Å². The molecule has 0 atom stereocenters. The van der Waals surface area contributed by atoms with E-state index < -0.39 is 0 Å². The maximum atomic E-state index is 12.2. The Morgan fingerprint density at radius 3 is 2.60 bits per heavy atom. The lowest BCUT2D eigenvalue weighted by molar-refractivity contribution is -0.141. The minimum Gasteiger partial charge on any atom is -0.469 e. The molecule has 1 amide bonds. The number of thiazole rings is 1. The number of esters is 1. The normalized spacial score (nSPS) is 16.2. The van der Waals surface area contributed by atoms with Crippen LogP contribution in [0, 0.1) is 6.92 Å². The zero-order chi connectivity index (χ0) is 14.5. The third kappa shape index (κ3) is 3.77. The first-order valence-electron chi connectivity index (χ1n) is 6.60. The van der Waals surface area contributed by atoms with E-state index in [9.17, 15) is 9.59 Å². The minimum absolute atomic E-state index is 0.00182. The number of methoxy groups -OCH3 is 1. The molecule has 0 saturated carbocycles. The van der Waals surface area contributed by atoms with Crippen LogP contribution < -0.4 is 0 Å². The molecule has 2 heterocycles. The summed E-state index contributed by atoms with van der Waals surface area (Å²) in [4.78, 5) is 31.5. The second-order valence-corrected chi connectivity index (χ2v) is 5.77. The van der Waals surface area contributed by atoms with E-state index in [0.29, 0.717) is 31.7 Å². The van der Waals surface area contributed by atoms with E-state index in [4.69, 9.17) is 0 Å². The van der Waals surface area contributed by atoms with Gasteiger partial charge in [0.25, 0.3) is 5.91 Å². The summed E-state index contributed by atoms with van der Waals surface area (Å²) < 4.78 is 4.62. The molecule has 1 fully saturated rings. The van der Waals surface area contributed by atoms with Gasteiger partial charge in [-0.05, 0) is 6.92 Å². The average Bonchev–Trinajstić information content (AvgIpc) is 2.91. The lowest BCUT2D eigenvalue weighted by Gasteiger charge is -2.34.